The maximum Gasteiger partial charge on any atom is 0.410 e. The van der Waals surface area contributed by atoms with Crippen LogP contribution >= 0.6 is 0 Å². The highest BCUT2D eigenvalue weighted by Crippen LogP contribution is 2.35. The monoisotopic (exact) mass is 504 g/mol. The summed E-state index contributed by atoms with van der Waals surface area (Å²) >= 11 is 0. The SMILES string of the molecule is CN(C)Cc1c(Oc2ccc(C#N)cc2)ccc2c(CCC3CCN(C(=O)OC(C)(C)C)CC3)noc12. The zero-order valence-corrected chi connectivity index (χ0v) is 22.4. The summed E-state index contributed by atoms with van der Waals surface area (Å²) < 4.78 is 17.6. The number of likely N-dealkylation sites (tertiary alicyclic amines) is 1. The average Bonchev–Trinajstić information content (AvgIpc) is 3.27. The van der Waals surface area contributed by atoms with Crippen LogP contribution < -0.4 is 4.74 Å². The molecule has 1 saturated heterocycles. The minimum atomic E-state index is -0.472. The molecule has 1 aliphatic rings. The van der Waals surface area contributed by atoms with E-state index in [0.717, 1.165) is 61.0 Å². The number of fused-ring (bicyclic) bond motifs is 1. The van der Waals surface area contributed by atoms with Gasteiger partial charge >= 0.3 is 6.09 Å². The number of amides is 1. The fraction of sp³-hybridized carbons (Fsp3) is 0.483. The van der Waals surface area contributed by atoms with Gasteiger partial charge in [-0.1, -0.05) is 5.16 Å². The van der Waals surface area contributed by atoms with Crippen molar-refractivity contribution in [2.45, 2.75) is 58.6 Å². The van der Waals surface area contributed by atoms with E-state index < -0.39 is 5.60 Å². The lowest BCUT2D eigenvalue weighted by atomic mass is 9.91. The highest BCUT2D eigenvalue weighted by atomic mass is 16.6. The summed E-state index contributed by atoms with van der Waals surface area (Å²) in [4.78, 5) is 16.2. The molecule has 1 fully saturated rings. The highest BCUT2D eigenvalue weighted by Gasteiger charge is 2.27. The third kappa shape index (κ3) is 6.80. The number of carbonyl (C=O) groups excluding carboxylic acids is 1. The van der Waals surface area contributed by atoms with Crippen LogP contribution in [0.1, 0.15) is 56.9 Å². The predicted molar refractivity (Wildman–Crippen MR) is 141 cm³/mol. The summed E-state index contributed by atoms with van der Waals surface area (Å²) in [6.07, 6.45) is 3.52. The molecule has 8 nitrogen and oxygen atoms in total. The van der Waals surface area contributed by atoms with E-state index in [1.165, 1.54) is 0 Å². The van der Waals surface area contributed by atoms with E-state index >= 15 is 0 Å². The Hall–Kier alpha value is -3.57. The molecule has 0 bridgehead atoms. The van der Waals surface area contributed by atoms with Crippen molar-refractivity contribution in [1.29, 1.82) is 5.26 Å². The van der Waals surface area contributed by atoms with Crippen LogP contribution in [0.2, 0.25) is 0 Å². The second-order valence-electron chi connectivity index (χ2n) is 11.0. The van der Waals surface area contributed by atoms with Crippen molar-refractivity contribution in [3.63, 3.8) is 0 Å². The molecule has 37 heavy (non-hydrogen) atoms. The van der Waals surface area contributed by atoms with Crippen molar-refractivity contribution in [2.75, 3.05) is 27.2 Å². The van der Waals surface area contributed by atoms with Gasteiger partial charge in [-0.25, -0.2) is 4.79 Å². The third-order valence-electron chi connectivity index (χ3n) is 6.52. The molecule has 2 heterocycles. The molecule has 0 N–H and O–H groups in total. The van der Waals surface area contributed by atoms with Crippen molar-refractivity contribution in [1.82, 2.24) is 15.0 Å². The number of hydrogen-bond donors (Lipinski definition) is 0. The Morgan fingerprint density at radius 3 is 2.49 bits per heavy atom. The van der Waals surface area contributed by atoms with E-state index in [0.29, 0.717) is 29.5 Å². The third-order valence-corrected chi connectivity index (χ3v) is 6.52. The molecule has 196 valence electrons. The van der Waals surface area contributed by atoms with Crippen molar-refractivity contribution in [2.24, 2.45) is 5.92 Å². The molecule has 0 spiro atoms. The van der Waals surface area contributed by atoms with Crippen LogP contribution in [0.25, 0.3) is 11.0 Å². The van der Waals surface area contributed by atoms with Gasteiger partial charge in [0.05, 0.1) is 22.9 Å². The first-order chi connectivity index (χ1) is 17.6. The summed E-state index contributed by atoms with van der Waals surface area (Å²) in [5.41, 5.74) is 2.76. The maximum absolute atomic E-state index is 12.3. The molecule has 4 rings (SSSR count). The lowest BCUT2D eigenvalue weighted by molar-refractivity contribution is 0.0181. The number of piperidine rings is 1. The van der Waals surface area contributed by atoms with Crippen LogP contribution in [-0.2, 0) is 17.7 Å². The largest absolute Gasteiger partial charge is 0.457 e. The molecule has 8 heteroatoms. The van der Waals surface area contributed by atoms with Crippen LogP contribution in [-0.4, -0.2) is 53.8 Å². The van der Waals surface area contributed by atoms with E-state index in [2.05, 4.69) is 16.1 Å². The number of aryl methyl sites for hydroxylation is 1. The van der Waals surface area contributed by atoms with Gasteiger partial charge in [0.15, 0.2) is 5.58 Å². The number of nitrogens with zero attached hydrogens (tertiary/aromatic N) is 4. The molecule has 2 aromatic carbocycles. The Bertz CT molecular complexity index is 1260. The van der Waals surface area contributed by atoms with Gasteiger partial charge in [-0.15, -0.1) is 0 Å². The minimum Gasteiger partial charge on any atom is -0.457 e. The Kier molecular flexibility index (Phi) is 8.03. The van der Waals surface area contributed by atoms with E-state index in [1.54, 1.807) is 24.3 Å². The Labute approximate surface area is 218 Å². The fourth-order valence-electron chi connectivity index (χ4n) is 4.63. The number of benzene rings is 2. The summed E-state index contributed by atoms with van der Waals surface area (Å²) in [7, 11) is 4.01. The van der Waals surface area contributed by atoms with Crippen LogP contribution in [0.4, 0.5) is 4.79 Å². The second kappa shape index (κ2) is 11.2. The van der Waals surface area contributed by atoms with Crippen LogP contribution in [0.3, 0.4) is 0 Å². The number of nitriles is 1. The second-order valence-corrected chi connectivity index (χ2v) is 11.0. The summed E-state index contributed by atoms with van der Waals surface area (Å²) in [6.45, 7) is 7.77. The van der Waals surface area contributed by atoms with E-state index in [-0.39, 0.29) is 6.09 Å². The Balaban J connectivity index is 1.43. The van der Waals surface area contributed by atoms with Gasteiger partial charge in [0, 0.05) is 25.0 Å². The Morgan fingerprint density at radius 2 is 1.86 bits per heavy atom. The Morgan fingerprint density at radius 1 is 1.16 bits per heavy atom. The molecule has 0 radical (unpaired) electrons. The summed E-state index contributed by atoms with van der Waals surface area (Å²) in [5, 5.41) is 14.5. The first-order valence-electron chi connectivity index (χ1n) is 12.8. The van der Waals surface area contributed by atoms with Gasteiger partial charge in [-0.05, 0) is 103 Å². The molecule has 0 atom stereocenters. The van der Waals surface area contributed by atoms with Gasteiger partial charge in [-0.3, -0.25) is 0 Å². The lowest BCUT2D eigenvalue weighted by Crippen LogP contribution is -2.41. The van der Waals surface area contributed by atoms with Crippen molar-refractivity contribution >= 4 is 17.1 Å². The predicted octanol–water partition coefficient (Wildman–Crippen LogP) is 6.13. The molecule has 3 aromatic rings. The van der Waals surface area contributed by atoms with Gasteiger partial charge < -0.3 is 23.8 Å². The van der Waals surface area contributed by atoms with E-state index in [4.69, 9.17) is 19.3 Å². The highest BCUT2D eigenvalue weighted by molar-refractivity contribution is 5.84. The molecule has 1 aliphatic heterocycles. The van der Waals surface area contributed by atoms with Gasteiger partial charge in [0.1, 0.15) is 17.1 Å². The van der Waals surface area contributed by atoms with E-state index in [1.807, 2.05) is 51.9 Å². The normalized spacial score (nSPS) is 14.7. The number of hydrogen-bond acceptors (Lipinski definition) is 7. The van der Waals surface area contributed by atoms with Gasteiger partial charge in [0.2, 0.25) is 0 Å². The molecule has 1 amide bonds. The fourth-order valence-corrected chi connectivity index (χ4v) is 4.63. The van der Waals surface area contributed by atoms with Crippen LogP contribution in [0.5, 0.6) is 11.5 Å². The quantitative estimate of drug-likeness (QED) is 0.382. The maximum atomic E-state index is 12.3. The zero-order chi connectivity index (χ0) is 26.6. The molecule has 1 aromatic heterocycles. The molecule has 0 aliphatic carbocycles. The molecular formula is C29H36N4O4. The topological polar surface area (TPSA) is 91.8 Å². The number of aromatic nitrogens is 1. The first-order valence-corrected chi connectivity index (χ1v) is 12.8. The average molecular weight is 505 g/mol. The molecule has 0 unspecified atom stereocenters. The summed E-state index contributed by atoms with van der Waals surface area (Å²) in [5.74, 6) is 1.91. The number of carbonyl (C=O) groups is 1. The van der Waals surface area contributed by atoms with Crippen molar-refractivity contribution in [3.05, 3.63) is 53.2 Å². The lowest BCUT2D eigenvalue weighted by Gasteiger charge is -2.33. The smallest absolute Gasteiger partial charge is 0.410 e. The van der Waals surface area contributed by atoms with E-state index in [9.17, 15) is 4.79 Å². The van der Waals surface area contributed by atoms with Crippen molar-refractivity contribution < 1.29 is 18.8 Å². The standard InChI is InChI=1S/C29H36N4O4/c1-29(2,3)36-28(34)33-16-14-20(15-17-33)8-12-25-23-11-13-26(24(19-32(4)5)27(23)37-31-25)35-22-9-6-21(18-30)7-10-22/h6-7,9-11,13,20H,8,12,14-17,19H2,1-5H3. The first kappa shape index (κ1) is 26.5. The van der Waals surface area contributed by atoms with Crippen LogP contribution in [0, 0.1) is 17.2 Å². The van der Waals surface area contributed by atoms with Crippen LogP contribution in [0.15, 0.2) is 40.9 Å². The molecular weight excluding hydrogens is 468 g/mol. The number of ether oxygens (including phenoxy) is 2. The number of rotatable bonds is 7. The van der Waals surface area contributed by atoms with Crippen molar-refractivity contribution in [3.8, 4) is 17.6 Å². The molecule has 0 saturated carbocycles. The minimum absolute atomic E-state index is 0.221. The zero-order valence-electron chi connectivity index (χ0n) is 22.4. The van der Waals surface area contributed by atoms with Gasteiger partial charge in [0.25, 0.3) is 0 Å². The van der Waals surface area contributed by atoms with Gasteiger partial charge in [-0.2, -0.15) is 5.26 Å². The summed E-state index contributed by atoms with van der Waals surface area (Å²) in [6, 6.07) is 13.2.